The molecule has 0 aliphatic heterocycles. The van der Waals surface area contributed by atoms with E-state index in [2.05, 4.69) is 38.4 Å². The van der Waals surface area contributed by atoms with E-state index >= 15 is 0 Å². The lowest BCUT2D eigenvalue weighted by Crippen LogP contribution is -2.13. The molecule has 1 heterocycles. The van der Waals surface area contributed by atoms with Crippen molar-refractivity contribution in [3.63, 3.8) is 0 Å². The zero-order valence-electron chi connectivity index (χ0n) is 12.7. The van der Waals surface area contributed by atoms with Crippen molar-refractivity contribution in [2.24, 2.45) is 0 Å². The van der Waals surface area contributed by atoms with Crippen LogP contribution >= 0.6 is 27.3 Å². The predicted molar refractivity (Wildman–Crippen MR) is 99.3 cm³/mol. The summed E-state index contributed by atoms with van der Waals surface area (Å²) in [6.07, 6.45) is 2.05. The predicted octanol–water partition coefficient (Wildman–Crippen LogP) is 5.25. The van der Waals surface area contributed by atoms with Crippen LogP contribution in [0.15, 0.2) is 65.3 Å². The third kappa shape index (κ3) is 4.91. The van der Waals surface area contributed by atoms with Gasteiger partial charge in [-0.05, 0) is 23.3 Å². The van der Waals surface area contributed by atoms with Crippen molar-refractivity contribution in [3.8, 4) is 0 Å². The summed E-state index contributed by atoms with van der Waals surface area (Å²) in [7, 11) is 0. The molecule has 0 saturated carbocycles. The van der Waals surface area contributed by atoms with Gasteiger partial charge in [0.25, 0.3) is 0 Å². The van der Waals surface area contributed by atoms with E-state index in [0.29, 0.717) is 5.13 Å². The summed E-state index contributed by atoms with van der Waals surface area (Å²) >= 11 is 4.91. The molecule has 6 heteroatoms. The monoisotopic (exact) mass is 402 g/mol. The second-order valence-corrected chi connectivity index (χ2v) is 7.16. The summed E-state index contributed by atoms with van der Waals surface area (Å²) in [4.78, 5) is 17.1. The Kier molecular flexibility index (Phi) is 5.61. The lowest BCUT2D eigenvalue weighted by Gasteiger charge is -2.04. The van der Waals surface area contributed by atoms with Gasteiger partial charge in [0.15, 0.2) is 5.13 Å². The van der Waals surface area contributed by atoms with Gasteiger partial charge >= 0.3 is 6.09 Å². The van der Waals surface area contributed by atoms with Gasteiger partial charge in [-0.15, -0.1) is 11.3 Å². The van der Waals surface area contributed by atoms with Crippen LogP contribution in [0, 0.1) is 0 Å². The molecule has 0 fully saturated rings. The highest BCUT2D eigenvalue weighted by Gasteiger charge is 2.08. The Labute approximate surface area is 152 Å². The number of amides is 1. The van der Waals surface area contributed by atoms with Gasteiger partial charge in [-0.2, -0.15) is 0 Å². The van der Waals surface area contributed by atoms with E-state index in [0.717, 1.165) is 21.3 Å². The first-order valence-electron chi connectivity index (χ1n) is 7.36. The first-order chi connectivity index (χ1) is 11.7. The Bertz CT molecular complexity index is 821. The minimum absolute atomic E-state index is 0.239. The minimum Gasteiger partial charge on any atom is -0.444 e. The number of carbonyl (C=O) groups excluding carboxylic acids is 1. The molecule has 0 bridgehead atoms. The number of nitrogens with zero attached hydrogens (tertiary/aromatic N) is 1. The molecule has 1 N–H and O–H groups in total. The van der Waals surface area contributed by atoms with Crippen LogP contribution in [0.25, 0.3) is 0 Å². The molecule has 4 nitrogen and oxygen atoms in total. The normalized spacial score (nSPS) is 10.4. The SMILES string of the molecule is O=C(Nc1ncc(Cc2cccc(Br)c2)s1)OCc1ccccc1. The van der Waals surface area contributed by atoms with Gasteiger partial charge in [0, 0.05) is 22.0 Å². The molecular weight excluding hydrogens is 388 g/mol. The van der Waals surface area contributed by atoms with Gasteiger partial charge in [0.1, 0.15) is 6.61 Å². The highest BCUT2D eigenvalue weighted by molar-refractivity contribution is 9.10. The van der Waals surface area contributed by atoms with E-state index in [-0.39, 0.29) is 6.61 Å². The molecular formula is C18H15BrN2O2S. The number of rotatable bonds is 5. The van der Waals surface area contributed by atoms with E-state index in [1.807, 2.05) is 42.5 Å². The number of anilines is 1. The third-order valence-corrected chi connectivity index (χ3v) is 4.65. The number of ether oxygens (including phenoxy) is 1. The molecule has 122 valence electrons. The van der Waals surface area contributed by atoms with Gasteiger partial charge in [0.05, 0.1) is 0 Å². The van der Waals surface area contributed by atoms with Crippen LogP contribution in [-0.4, -0.2) is 11.1 Å². The lowest BCUT2D eigenvalue weighted by atomic mass is 10.1. The molecule has 1 aromatic heterocycles. The number of benzene rings is 2. The van der Waals surface area contributed by atoms with Crippen LogP contribution < -0.4 is 5.32 Å². The van der Waals surface area contributed by atoms with Crippen molar-refractivity contribution < 1.29 is 9.53 Å². The van der Waals surface area contributed by atoms with E-state index < -0.39 is 6.09 Å². The zero-order chi connectivity index (χ0) is 16.8. The van der Waals surface area contributed by atoms with Crippen molar-refractivity contribution in [1.29, 1.82) is 0 Å². The summed E-state index contributed by atoms with van der Waals surface area (Å²) in [5.74, 6) is 0. The lowest BCUT2D eigenvalue weighted by molar-refractivity contribution is 0.155. The molecule has 3 aromatic rings. The summed E-state index contributed by atoms with van der Waals surface area (Å²) < 4.78 is 6.23. The first-order valence-corrected chi connectivity index (χ1v) is 8.97. The Morgan fingerprint density at radius 1 is 1.12 bits per heavy atom. The molecule has 24 heavy (non-hydrogen) atoms. The summed E-state index contributed by atoms with van der Waals surface area (Å²) in [6.45, 7) is 0.239. The van der Waals surface area contributed by atoms with Gasteiger partial charge in [-0.3, -0.25) is 5.32 Å². The average Bonchev–Trinajstić information content (AvgIpc) is 3.01. The third-order valence-electron chi connectivity index (χ3n) is 3.24. The maximum atomic E-state index is 11.8. The van der Waals surface area contributed by atoms with Crippen LogP contribution in [0.3, 0.4) is 0 Å². The zero-order valence-corrected chi connectivity index (χ0v) is 15.1. The molecule has 1 amide bonds. The fourth-order valence-corrected chi connectivity index (χ4v) is 3.42. The van der Waals surface area contributed by atoms with Crippen LogP contribution in [0.2, 0.25) is 0 Å². The van der Waals surface area contributed by atoms with Crippen molar-refractivity contribution >= 4 is 38.5 Å². The summed E-state index contributed by atoms with van der Waals surface area (Å²) in [5.41, 5.74) is 2.13. The molecule has 0 saturated heterocycles. The number of nitrogens with one attached hydrogen (secondary N) is 1. The number of halogens is 1. The number of thiazole rings is 1. The van der Waals surface area contributed by atoms with E-state index in [9.17, 15) is 4.79 Å². The van der Waals surface area contributed by atoms with Crippen LogP contribution in [0.4, 0.5) is 9.93 Å². The summed E-state index contributed by atoms with van der Waals surface area (Å²) in [6, 6.07) is 17.7. The van der Waals surface area contributed by atoms with Crippen molar-refractivity contribution in [2.45, 2.75) is 13.0 Å². The number of carbonyl (C=O) groups is 1. The molecule has 2 aromatic carbocycles. The highest BCUT2D eigenvalue weighted by atomic mass is 79.9. The standard InChI is InChI=1S/C18H15BrN2O2S/c19-15-8-4-7-14(9-15)10-16-11-20-17(24-16)21-18(22)23-12-13-5-2-1-3-6-13/h1-9,11H,10,12H2,(H,20,21,22). The molecule has 0 radical (unpaired) electrons. The largest absolute Gasteiger partial charge is 0.444 e. The first kappa shape index (κ1) is 16.7. The van der Waals surface area contributed by atoms with Gasteiger partial charge in [-0.1, -0.05) is 58.4 Å². The topological polar surface area (TPSA) is 51.2 Å². The quantitative estimate of drug-likeness (QED) is 0.634. The average molecular weight is 403 g/mol. The molecule has 0 aliphatic rings. The van der Waals surface area contributed by atoms with Gasteiger partial charge < -0.3 is 4.74 Å². The van der Waals surface area contributed by atoms with Crippen molar-refractivity contribution in [3.05, 3.63) is 81.3 Å². The van der Waals surface area contributed by atoms with E-state index in [1.165, 1.54) is 16.9 Å². The van der Waals surface area contributed by atoms with Crippen LogP contribution in [0.1, 0.15) is 16.0 Å². The Morgan fingerprint density at radius 3 is 2.71 bits per heavy atom. The Morgan fingerprint density at radius 2 is 1.92 bits per heavy atom. The van der Waals surface area contributed by atoms with Crippen molar-refractivity contribution in [1.82, 2.24) is 4.98 Å². The van der Waals surface area contributed by atoms with Gasteiger partial charge in [0.2, 0.25) is 0 Å². The maximum absolute atomic E-state index is 11.8. The maximum Gasteiger partial charge on any atom is 0.413 e. The second-order valence-electron chi connectivity index (χ2n) is 5.13. The highest BCUT2D eigenvalue weighted by Crippen LogP contribution is 2.22. The molecule has 0 spiro atoms. The fourth-order valence-electron chi connectivity index (χ4n) is 2.14. The second kappa shape index (κ2) is 8.08. The Balaban J connectivity index is 1.53. The van der Waals surface area contributed by atoms with Crippen LogP contribution in [-0.2, 0) is 17.8 Å². The Hall–Kier alpha value is -2.18. The van der Waals surface area contributed by atoms with Gasteiger partial charge in [-0.25, -0.2) is 9.78 Å². The number of hydrogen-bond acceptors (Lipinski definition) is 4. The molecule has 0 atom stereocenters. The van der Waals surface area contributed by atoms with E-state index in [1.54, 1.807) is 6.20 Å². The molecule has 0 unspecified atom stereocenters. The minimum atomic E-state index is -0.498. The molecule has 0 aliphatic carbocycles. The number of hydrogen-bond donors (Lipinski definition) is 1. The summed E-state index contributed by atoms with van der Waals surface area (Å²) in [5, 5.41) is 3.21. The smallest absolute Gasteiger partial charge is 0.413 e. The van der Waals surface area contributed by atoms with Crippen LogP contribution in [0.5, 0.6) is 0 Å². The fraction of sp³-hybridized carbons (Fsp3) is 0.111. The number of aromatic nitrogens is 1. The van der Waals surface area contributed by atoms with E-state index in [4.69, 9.17) is 4.74 Å². The molecule has 3 rings (SSSR count). The van der Waals surface area contributed by atoms with Crippen molar-refractivity contribution in [2.75, 3.05) is 5.32 Å².